The Morgan fingerprint density at radius 2 is 1.88 bits per heavy atom. The summed E-state index contributed by atoms with van der Waals surface area (Å²) in [5.74, 6) is -1.58. The van der Waals surface area contributed by atoms with E-state index in [9.17, 15) is 26.4 Å². The Morgan fingerprint density at radius 1 is 1.15 bits per heavy atom. The van der Waals surface area contributed by atoms with Gasteiger partial charge in [0.15, 0.2) is 0 Å². The van der Waals surface area contributed by atoms with Gasteiger partial charge < -0.3 is 5.11 Å². The van der Waals surface area contributed by atoms with Crippen LogP contribution in [0.1, 0.15) is 15.9 Å². The number of anilines is 1. The maximum atomic E-state index is 12.9. The molecule has 7 nitrogen and oxygen atoms in total. The smallest absolute Gasteiger partial charge is 0.416 e. The van der Waals surface area contributed by atoms with Gasteiger partial charge in [-0.25, -0.2) is 13.2 Å². The van der Waals surface area contributed by atoms with Gasteiger partial charge in [0.25, 0.3) is 10.0 Å². The van der Waals surface area contributed by atoms with Crippen LogP contribution in [0.5, 0.6) is 0 Å². The molecule has 0 radical (unpaired) electrons. The van der Waals surface area contributed by atoms with E-state index in [2.05, 4.69) is 8.75 Å². The van der Waals surface area contributed by atoms with Gasteiger partial charge in [0, 0.05) is 0 Å². The number of benzene rings is 2. The second-order valence-electron chi connectivity index (χ2n) is 5.06. The first-order valence-electron chi connectivity index (χ1n) is 6.78. The zero-order valence-corrected chi connectivity index (χ0v) is 14.1. The van der Waals surface area contributed by atoms with Crippen LogP contribution in [0.2, 0.25) is 0 Å². The first-order valence-corrected chi connectivity index (χ1v) is 8.99. The van der Waals surface area contributed by atoms with Crippen LogP contribution in [0.3, 0.4) is 0 Å². The van der Waals surface area contributed by atoms with Crippen LogP contribution in [0, 0.1) is 0 Å². The van der Waals surface area contributed by atoms with E-state index in [1.807, 2.05) is 4.72 Å². The van der Waals surface area contributed by atoms with Crippen LogP contribution < -0.4 is 4.72 Å². The molecule has 2 aromatic carbocycles. The van der Waals surface area contributed by atoms with Crippen molar-refractivity contribution in [2.75, 3.05) is 4.72 Å². The molecule has 0 aliphatic rings. The van der Waals surface area contributed by atoms with Gasteiger partial charge in [-0.15, -0.1) is 0 Å². The molecule has 3 rings (SSSR count). The van der Waals surface area contributed by atoms with Crippen molar-refractivity contribution in [1.82, 2.24) is 8.75 Å². The summed E-state index contributed by atoms with van der Waals surface area (Å²) < 4.78 is 73.5. The Balaban J connectivity index is 2.12. The normalized spacial score (nSPS) is 12.3. The molecule has 1 heterocycles. The number of carboxylic acid groups (broad SMARTS) is 1. The van der Waals surface area contributed by atoms with Gasteiger partial charge in [-0.2, -0.15) is 21.9 Å². The number of sulfonamides is 1. The summed E-state index contributed by atoms with van der Waals surface area (Å²) in [4.78, 5) is 10.9. The molecule has 136 valence electrons. The minimum Gasteiger partial charge on any atom is -0.478 e. The molecule has 2 N–H and O–H groups in total. The third-order valence-electron chi connectivity index (χ3n) is 3.36. The molecule has 0 aliphatic carbocycles. The summed E-state index contributed by atoms with van der Waals surface area (Å²) in [5.41, 5.74) is -2.18. The van der Waals surface area contributed by atoms with Crippen molar-refractivity contribution in [3.63, 3.8) is 0 Å². The van der Waals surface area contributed by atoms with Gasteiger partial charge in [0.05, 0.1) is 28.5 Å². The van der Waals surface area contributed by atoms with Crippen LogP contribution in [-0.4, -0.2) is 28.2 Å². The number of aromatic nitrogens is 2. The van der Waals surface area contributed by atoms with Gasteiger partial charge in [-0.1, -0.05) is 6.07 Å². The third kappa shape index (κ3) is 3.32. The van der Waals surface area contributed by atoms with E-state index in [0.717, 1.165) is 11.7 Å². The maximum absolute atomic E-state index is 12.9. The number of nitrogens with zero attached hydrogens (tertiary/aromatic N) is 2. The molecule has 0 saturated carbocycles. The molecule has 0 fully saturated rings. The van der Waals surface area contributed by atoms with Crippen molar-refractivity contribution in [2.45, 2.75) is 11.1 Å². The Hall–Kier alpha value is -2.73. The first-order chi connectivity index (χ1) is 12.1. The molecule has 12 heteroatoms. The lowest BCUT2D eigenvalue weighted by molar-refractivity contribution is -0.137. The van der Waals surface area contributed by atoms with Gasteiger partial charge >= 0.3 is 12.1 Å². The zero-order valence-electron chi connectivity index (χ0n) is 12.5. The van der Waals surface area contributed by atoms with E-state index >= 15 is 0 Å². The summed E-state index contributed by atoms with van der Waals surface area (Å²) in [6, 6.07) is 5.79. The molecule has 0 aliphatic heterocycles. The first kappa shape index (κ1) is 18.1. The number of rotatable bonds is 4. The quantitative estimate of drug-likeness (QED) is 0.692. The van der Waals surface area contributed by atoms with E-state index in [4.69, 9.17) is 5.11 Å². The van der Waals surface area contributed by atoms with Crippen molar-refractivity contribution in [3.8, 4) is 0 Å². The van der Waals surface area contributed by atoms with Gasteiger partial charge in [-0.05, 0) is 30.3 Å². The Kier molecular flexibility index (Phi) is 4.32. The Bertz CT molecular complexity index is 1110. The maximum Gasteiger partial charge on any atom is 0.416 e. The molecule has 0 unspecified atom stereocenters. The molecule has 3 aromatic rings. The second kappa shape index (κ2) is 6.21. The molecule has 0 bridgehead atoms. The summed E-state index contributed by atoms with van der Waals surface area (Å²) in [7, 11) is -4.40. The summed E-state index contributed by atoms with van der Waals surface area (Å²) in [6.45, 7) is 0. The van der Waals surface area contributed by atoms with Crippen molar-refractivity contribution >= 4 is 44.4 Å². The molecular weight excluding hydrogens is 395 g/mol. The largest absolute Gasteiger partial charge is 0.478 e. The predicted molar refractivity (Wildman–Crippen MR) is 86.6 cm³/mol. The average molecular weight is 403 g/mol. The van der Waals surface area contributed by atoms with E-state index in [-0.39, 0.29) is 10.4 Å². The number of nitrogens with one attached hydrogen (secondary N) is 1. The molecule has 0 amide bonds. The summed E-state index contributed by atoms with van der Waals surface area (Å²) in [6.07, 6.45) is -4.77. The van der Waals surface area contributed by atoms with Crippen LogP contribution in [-0.2, 0) is 16.2 Å². The van der Waals surface area contributed by atoms with Crippen molar-refractivity contribution in [3.05, 3.63) is 47.5 Å². The van der Waals surface area contributed by atoms with Crippen molar-refractivity contribution in [2.24, 2.45) is 0 Å². The lowest BCUT2D eigenvalue weighted by Crippen LogP contribution is -2.17. The number of fused-ring (bicyclic) bond motifs is 1. The van der Waals surface area contributed by atoms with Crippen LogP contribution in [0.4, 0.5) is 18.9 Å². The third-order valence-corrected chi connectivity index (χ3v) is 5.30. The monoisotopic (exact) mass is 403 g/mol. The Labute approximate surface area is 148 Å². The highest BCUT2D eigenvalue weighted by Crippen LogP contribution is 2.33. The average Bonchev–Trinajstić information content (AvgIpc) is 3.01. The van der Waals surface area contributed by atoms with Crippen molar-refractivity contribution < 1.29 is 31.5 Å². The van der Waals surface area contributed by atoms with Gasteiger partial charge in [-0.3, -0.25) is 4.72 Å². The molecular formula is C14H8F3N3O4S2. The molecule has 0 saturated heterocycles. The highest BCUT2D eigenvalue weighted by molar-refractivity contribution is 7.93. The molecule has 0 spiro atoms. The minimum absolute atomic E-state index is 0.0360. The number of halogens is 3. The number of hydrogen-bond acceptors (Lipinski definition) is 6. The van der Waals surface area contributed by atoms with Crippen molar-refractivity contribution in [1.29, 1.82) is 0 Å². The summed E-state index contributed by atoms with van der Waals surface area (Å²) >= 11 is 0.768. The molecule has 0 atom stereocenters. The van der Waals surface area contributed by atoms with E-state index in [1.54, 1.807) is 0 Å². The fourth-order valence-corrected chi connectivity index (χ4v) is 4.03. The van der Waals surface area contributed by atoms with E-state index in [1.165, 1.54) is 18.2 Å². The lowest BCUT2D eigenvalue weighted by Gasteiger charge is -2.14. The van der Waals surface area contributed by atoms with Crippen LogP contribution >= 0.6 is 11.7 Å². The molecule has 26 heavy (non-hydrogen) atoms. The fourth-order valence-electron chi connectivity index (χ4n) is 2.19. The number of carbonyl (C=O) groups is 1. The topological polar surface area (TPSA) is 109 Å². The minimum atomic E-state index is -4.77. The highest BCUT2D eigenvalue weighted by Gasteiger charge is 2.32. The van der Waals surface area contributed by atoms with Gasteiger partial charge in [0.1, 0.15) is 15.9 Å². The van der Waals surface area contributed by atoms with Gasteiger partial charge in [0.2, 0.25) is 0 Å². The number of aromatic carboxylic acids is 1. The van der Waals surface area contributed by atoms with E-state index < -0.39 is 39.0 Å². The van der Waals surface area contributed by atoms with Crippen LogP contribution in [0.25, 0.3) is 11.0 Å². The standard InChI is InChI=1S/C14H8F3N3O4S2/c15-14(16,17)7-4-5-8(13(21)22)10(6-7)20-26(23,24)11-3-1-2-9-12(11)19-25-18-9/h1-6,20H,(H,21,22). The fraction of sp³-hybridized carbons (Fsp3) is 0.0714. The SMILES string of the molecule is O=C(O)c1ccc(C(F)(F)F)cc1NS(=O)(=O)c1cccc2nsnc12. The molecule has 1 aromatic heterocycles. The van der Waals surface area contributed by atoms with E-state index in [0.29, 0.717) is 23.7 Å². The zero-order chi connectivity index (χ0) is 19.1. The Morgan fingerprint density at radius 3 is 2.54 bits per heavy atom. The summed E-state index contributed by atoms with van der Waals surface area (Å²) in [5, 5.41) is 9.13. The second-order valence-corrected chi connectivity index (χ2v) is 7.24. The predicted octanol–water partition coefficient (Wildman–Crippen LogP) is 3.21. The number of hydrogen-bond donors (Lipinski definition) is 2. The number of alkyl halides is 3. The highest BCUT2D eigenvalue weighted by atomic mass is 32.2. The number of carboxylic acids is 1. The van der Waals surface area contributed by atoms with Crippen LogP contribution in [0.15, 0.2) is 41.3 Å². The lowest BCUT2D eigenvalue weighted by atomic mass is 10.1.